The average molecular weight is 261 g/mol. The van der Waals surface area contributed by atoms with Crippen LogP contribution in [0.2, 0.25) is 0 Å². The van der Waals surface area contributed by atoms with Gasteiger partial charge in [-0.3, -0.25) is 0 Å². The predicted molar refractivity (Wildman–Crippen MR) is 71.1 cm³/mol. The van der Waals surface area contributed by atoms with E-state index in [1.54, 1.807) is 19.2 Å². The van der Waals surface area contributed by atoms with Crippen LogP contribution in [0.15, 0.2) is 22.7 Å². The van der Waals surface area contributed by atoms with E-state index >= 15 is 0 Å². The molecule has 4 N–H and O–H groups in total. The number of oxazole rings is 1. The van der Waals surface area contributed by atoms with E-state index in [1.165, 1.54) is 6.07 Å². The van der Waals surface area contributed by atoms with E-state index in [2.05, 4.69) is 10.3 Å². The lowest BCUT2D eigenvalue weighted by Crippen LogP contribution is -2.07. The second-order valence-electron chi connectivity index (χ2n) is 4.28. The normalized spacial score (nSPS) is 10.4. The number of nitrogens with one attached hydrogen (secondary N) is 1. The van der Waals surface area contributed by atoms with Gasteiger partial charge < -0.3 is 20.6 Å². The minimum atomic E-state index is -1.05. The van der Waals surface area contributed by atoms with Gasteiger partial charge in [0.2, 0.25) is 5.89 Å². The summed E-state index contributed by atoms with van der Waals surface area (Å²) in [6, 6.07) is 3.29. The second-order valence-corrected chi connectivity index (χ2v) is 4.28. The smallest absolute Gasteiger partial charge is 0.337 e. The molecule has 0 fully saturated rings. The Morgan fingerprint density at radius 2 is 2.21 bits per heavy atom. The topological polar surface area (TPSA) is 101 Å². The van der Waals surface area contributed by atoms with Gasteiger partial charge in [-0.25, -0.2) is 9.78 Å². The van der Waals surface area contributed by atoms with Gasteiger partial charge >= 0.3 is 5.97 Å². The summed E-state index contributed by atoms with van der Waals surface area (Å²) in [5, 5.41) is 12.1. The molecular formula is C13H15N3O3. The molecule has 0 radical (unpaired) electrons. The number of aromatic carboxylic acids is 1. The standard InChI is InChI=1S/C13H15N3O3/c1-7-3-9(4-10(12(7)14)13(17)18)15-6-11-16-5-8(2)19-11/h3-5,15H,6,14H2,1-2H3,(H,17,18). The largest absolute Gasteiger partial charge is 0.478 e. The molecule has 1 aromatic heterocycles. The third-order valence-corrected chi connectivity index (χ3v) is 2.73. The first-order valence-electron chi connectivity index (χ1n) is 5.76. The molecule has 0 aliphatic carbocycles. The van der Waals surface area contributed by atoms with Crippen molar-refractivity contribution >= 4 is 17.3 Å². The fourth-order valence-electron chi connectivity index (χ4n) is 1.74. The summed E-state index contributed by atoms with van der Waals surface area (Å²) in [6.07, 6.45) is 1.63. The van der Waals surface area contributed by atoms with Crippen molar-refractivity contribution in [3.8, 4) is 0 Å². The molecule has 19 heavy (non-hydrogen) atoms. The quantitative estimate of drug-likeness (QED) is 0.729. The molecule has 6 nitrogen and oxygen atoms in total. The van der Waals surface area contributed by atoms with E-state index in [0.717, 1.165) is 5.76 Å². The fraction of sp³-hybridized carbons (Fsp3) is 0.231. The molecule has 0 aliphatic heterocycles. The number of carbonyl (C=O) groups is 1. The lowest BCUT2D eigenvalue weighted by atomic mass is 10.1. The molecule has 1 heterocycles. The van der Waals surface area contributed by atoms with Crippen LogP contribution in [0.25, 0.3) is 0 Å². The van der Waals surface area contributed by atoms with Gasteiger partial charge in [-0.1, -0.05) is 0 Å². The van der Waals surface area contributed by atoms with Crippen LogP contribution in [-0.4, -0.2) is 16.1 Å². The summed E-state index contributed by atoms with van der Waals surface area (Å²) in [7, 11) is 0. The zero-order valence-electron chi connectivity index (χ0n) is 10.7. The number of carboxylic acids is 1. The Hall–Kier alpha value is -2.50. The van der Waals surface area contributed by atoms with Crippen molar-refractivity contribution in [3.05, 3.63) is 41.1 Å². The van der Waals surface area contributed by atoms with Crippen LogP contribution >= 0.6 is 0 Å². The summed E-state index contributed by atoms with van der Waals surface area (Å²) in [5.74, 6) is 0.233. The van der Waals surface area contributed by atoms with Crippen LogP contribution < -0.4 is 11.1 Å². The van der Waals surface area contributed by atoms with Crippen molar-refractivity contribution in [2.24, 2.45) is 0 Å². The van der Waals surface area contributed by atoms with Crippen LogP contribution in [0, 0.1) is 13.8 Å². The van der Waals surface area contributed by atoms with Crippen molar-refractivity contribution in [2.45, 2.75) is 20.4 Å². The Bertz CT molecular complexity index is 620. The third kappa shape index (κ3) is 2.85. The minimum absolute atomic E-state index is 0.0890. The monoisotopic (exact) mass is 261 g/mol. The molecule has 6 heteroatoms. The molecule has 1 aromatic carbocycles. The Morgan fingerprint density at radius 1 is 1.47 bits per heavy atom. The Balaban J connectivity index is 2.19. The number of hydrogen-bond acceptors (Lipinski definition) is 5. The van der Waals surface area contributed by atoms with Crippen molar-refractivity contribution in [3.63, 3.8) is 0 Å². The summed E-state index contributed by atoms with van der Waals surface area (Å²) < 4.78 is 5.32. The van der Waals surface area contributed by atoms with Crippen LogP contribution in [0.3, 0.4) is 0 Å². The highest BCUT2D eigenvalue weighted by molar-refractivity contribution is 5.95. The van der Waals surface area contributed by atoms with Crippen LogP contribution in [0.4, 0.5) is 11.4 Å². The molecule has 0 saturated heterocycles. The number of hydrogen-bond donors (Lipinski definition) is 3. The van der Waals surface area contributed by atoms with E-state index in [1.807, 2.05) is 6.92 Å². The lowest BCUT2D eigenvalue weighted by molar-refractivity contribution is 0.0698. The molecule has 0 amide bonds. The number of carboxylic acid groups (broad SMARTS) is 1. The number of anilines is 2. The van der Waals surface area contributed by atoms with Gasteiger partial charge in [-0.15, -0.1) is 0 Å². The first-order chi connectivity index (χ1) is 8.97. The highest BCUT2D eigenvalue weighted by Crippen LogP contribution is 2.23. The van der Waals surface area contributed by atoms with Crippen LogP contribution in [0.5, 0.6) is 0 Å². The highest BCUT2D eigenvalue weighted by atomic mass is 16.4. The van der Waals surface area contributed by atoms with Gasteiger partial charge in [0.1, 0.15) is 5.76 Å². The molecule has 0 atom stereocenters. The summed E-state index contributed by atoms with van der Waals surface area (Å²) >= 11 is 0. The Morgan fingerprint density at radius 3 is 2.79 bits per heavy atom. The number of rotatable bonds is 4. The number of nitrogen functional groups attached to an aromatic ring is 1. The van der Waals surface area contributed by atoms with Crippen LogP contribution in [0.1, 0.15) is 27.6 Å². The zero-order chi connectivity index (χ0) is 14.0. The van der Waals surface area contributed by atoms with E-state index < -0.39 is 5.97 Å². The molecule has 0 spiro atoms. The van der Waals surface area contributed by atoms with Gasteiger partial charge in [0, 0.05) is 11.4 Å². The molecule has 0 bridgehead atoms. The maximum absolute atomic E-state index is 11.1. The van der Waals surface area contributed by atoms with Gasteiger partial charge in [-0.2, -0.15) is 0 Å². The number of nitrogens with zero attached hydrogens (tertiary/aromatic N) is 1. The molecule has 0 aliphatic rings. The Kier molecular flexibility index (Phi) is 3.41. The second kappa shape index (κ2) is 5.01. The van der Waals surface area contributed by atoms with E-state index in [0.29, 0.717) is 23.7 Å². The Labute approximate surface area is 110 Å². The van der Waals surface area contributed by atoms with Crippen molar-refractivity contribution in [1.82, 2.24) is 4.98 Å². The van der Waals surface area contributed by atoms with Crippen molar-refractivity contribution in [1.29, 1.82) is 0 Å². The number of nitrogens with two attached hydrogens (primary N) is 1. The van der Waals surface area contributed by atoms with Crippen molar-refractivity contribution < 1.29 is 14.3 Å². The lowest BCUT2D eigenvalue weighted by Gasteiger charge is -2.10. The van der Waals surface area contributed by atoms with Gasteiger partial charge in [0.05, 0.1) is 18.3 Å². The average Bonchev–Trinajstić information content (AvgIpc) is 2.76. The molecule has 2 aromatic rings. The summed E-state index contributed by atoms with van der Waals surface area (Å²) in [5.41, 5.74) is 7.48. The van der Waals surface area contributed by atoms with Gasteiger partial charge in [0.25, 0.3) is 0 Å². The minimum Gasteiger partial charge on any atom is -0.478 e. The molecular weight excluding hydrogens is 246 g/mol. The SMILES string of the molecule is Cc1cnc(CNc2cc(C)c(N)c(C(=O)O)c2)o1. The summed E-state index contributed by atoms with van der Waals surface area (Å²) in [6.45, 7) is 3.96. The van der Waals surface area contributed by atoms with E-state index in [4.69, 9.17) is 15.3 Å². The molecule has 100 valence electrons. The number of aromatic nitrogens is 1. The first-order valence-corrected chi connectivity index (χ1v) is 5.76. The van der Waals surface area contributed by atoms with Gasteiger partial charge in [-0.05, 0) is 31.5 Å². The first kappa shape index (κ1) is 12.9. The summed E-state index contributed by atoms with van der Waals surface area (Å²) in [4.78, 5) is 15.1. The fourth-order valence-corrected chi connectivity index (χ4v) is 1.74. The van der Waals surface area contributed by atoms with Gasteiger partial charge in [0.15, 0.2) is 0 Å². The molecule has 2 rings (SSSR count). The maximum Gasteiger partial charge on any atom is 0.337 e. The van der Waals surface area contributed by atoms with E-state index in [-0.39, 0.29) is 11.3 Å². The van der Waals surface area contributed by atoms with Crippen molar-refractivity contribution in [2.75, 3.05) is 11.1 Å². The number of aryl methyl sites for hydroxylation is 2. The molecule has 0 saturated carbocycles. The van der Waals surface area contributed by atoms with E-state index in [9.17, 15) is 4.79 Å². The zero-order valence-corrected chi connectivity index (χ0v) is 10.7. The van der Waals surface area contributed by atoms with Crippen LogP contribution in [-0.2, 0) is 6.54 Å². The highest BCUT2D eigenvalue weighted by Gasteiger charge is 2.12. The number of benzene rings is 1. The molecule has 0 unspecified atom stereocenters. The predicted octanol–water partition coefficient (Wildman–Crippen LogP) is 2.18. The maximum atomic E-state index is 11.1. The third-order valence-electron chi connectivity index (χ3n) is 2.73.